The highest BCUT2D eigenvalue weighted by atomic mass is 79.9. The van der Waals surface area contributed by atoms with Crippen molar-refractivity contribution in [3.63, 3.8) is 0 Å². The van der Waals surface area contributed by atoms with Gasteiger partial charge in [0.2, 0.25) is 0 Å². The molecule has 20 heavy (non-hydrogen) atoms. The van der Waals surface area contributed by atoms with E-state index >= 15 is 0 Å². The number of aryl methyl sites for hydroxylation is 1. The molecule has 1 heterocycles. The lowest BCUT2D eigenvalue weighted by Crippen LogP contribution is -2.16. The Bertz CT molecular complexity index is 694. The maximum Gasteiger partial charge on any atom is 0.337 e. The van der Waals surface area contributed by atoms with Crippen molar-refractivity contribution >= 4 is 33.5 Å². The zero-order chi connectivity index (χ0) is 14.9. The van der Waals surface area contributed by atoms with Crippen molar-refractivity contribution in [1.82, 2.24) is 9.78 Å². The van der Waals surface area contributed by atoms with Crippen LogP contribution in [0.3, 0.4) is 0 Å². The van der Waals surface area contributed by atoms with Crippen LogP contribution in [-0.2, 0) is 7.05 Å². The average Bonchev–Trinajstić information content (AvgIpc) is 2.72. The third-order valence-corrected chi connectivity index (χ3v) is 3.62. The Balaban J connectivity index is 2.38. The van der Waals surface area contributed by atoms with Gasteiger partial charge in [0.25, 0.3) is 5.91 Å². The number of nitrogens with zero attached hydrogens (tertiary/aromatic N) is 2. The first-order chi connectivity index (χ1) is 9.41. The summed E-state index contributed by atoms with van der Waals surface area (Å²) in [6, 6.07) is 4.69. The molecule has 0 spiro atoms. The quantitative estimate of drug-likeness (QED) is 0.900. The van der Waals surface area contributed by atoms with Crippen LogP contribution in [0.4, 0.5) is 5.69 Å². The van der Waals surface area contributed by atoms with E-state index in [0.717, 1.165) is 0 Å². The highest BCUT2D eigenvalue weighted by Crippen LogP contribution is 2.27. The lowest BCUT2D eigenvalue weighted by atomic mass is 10.1. The zero-order valence-corrected chi connectivity index (χ0v) is 12.4. The third kappa shape index (κ3) is 2.57. The monoisotopic (exact) mass is 337 g/mol. The molecular weight excluding hydrogens is 326 g/mol. The largest absolute Gasteiger partial charge is 0.478 e. The van der Waals surface area contributed by atoms with E-state index in [1.807, 2.05) is 0 Å². The number of carboxylic acid groups (broad SMARTS) is 1. The Hall–Kier alpha value is -2.15. The van der Waals surface area contributed by atoms with E-state index in [-0.39, 0.29) is 11.3 Å². The van der Waals surface area contributed by atoms with E-state index in [0.29, 0.717) is 15.7 Å². The number of carbonyl (C=O) groups is 2. The van der Waals surface area contributed by atoms with Crippen LogP contribution in [0.5, 0.6) is 0 Å². The SMILES string of the molecule is Cc1c(C(=O)Nc2c(Br)cccc2C(=O)O)cnn1C. The van der Waals surface area contributed by atoms with E-state index < -0.39 is 11.9 Å². The molecule has 0 saturated heterocycles. The molecule has 0 aliphatic carbocycles. The van der Waals surface area contributed by atoms with Gasteiger partial charge in [-0.3, -0.25) is 9.48 Å². The molecule has 0 unspecified atom stereocenters. The molecular formula is C13H12BrN3O3. The molecule has 0 saturated carbocycles. The van der Waals surface area contributed by atoms with Crippen molar-refractivity contribution in [2.24, 2.45) is 7.05 Å². The van der Waals surface area contributed by atoms with Gasteiger partial charge in [0.1, 0.15) is 0 Å². The third-order valence-electron chi connectivity index (χ3n) is 2.96. The Labute approximate surface area is 123 Å². The molecule has 104 valence electrons. The number of benzene rings is 1. The van der Waals surface area contributed by atoms with E-state index in [9.17, 15) is 9.59 Å². The summed E-state index contributed by atoms with van der Waals surface area (Å²) in [7, 11) is 1.73. The van der Waals surface area contributed by atoms with Crippen LogP contribution in [-0.4, -0.2) is 26.8 Å². The number of halogens is 1. The van der Waals surface area contributed by atoms with E-state index in [2.05, 4.69) is 26.3 Å². The Morgan fingerprint density at radius 3 is 2.60 bits per heavy atom. The van der Waals surface area contributed by atoms with E-state index in [4.69, 9.17) is 5.11 Å². The summed E-state index contributed by atoms with van der Waals surface area (Å²) in [4.78, 5) is 23.4. The van der Waals surface area contributed by atoms with Gasteiger partial charge in [0, 0.05) is 17.2 Å². The molecule has 0 radical (unpaired) electrons. The predicted molar refractivity (Wildman–Crippen MR) is 77.0 cm³/mol. The van der Waals surface area contributed by atoms with Gasteiger partial charge in [-0.2, -0.15) is 5.10 Å². The van der Waals surface area contributed by atoms with Gasteiger partial charge >= 0.3 is 5.97 Å². The zero-order valence-electron chi connectivity index (χ0n) is 10.8. The molecule has 7 heteroatoms. The van der Waals surface area contributed by atoms with Crippen molar-refractivity contribution < 1.29 is 14.7 Å². The predicted octanol–water partition coefficient (Wildman–Crippen LogP) is 2.44. The molecule has 0 bridgehead atoms. The summed E-state index contributed by atoms with van der Waals surface area (Å²) in [5, 5.41) is 15.7. The molecule has 1 amide bonds. The average molecular weight is 338 g/mol. The molecule has 0 fully saturated rings. The molecule has 0 aliphatic rings. The number of hydrogen-bond donors (Lipinski definition) is 2. The second-order valence-corrected chi connectivity index (χ2v) is 5.04. The molecule has 2 aromatic rings. The van der Waals surface area contributed by atoms with Crippen molar-refractivity contribution in [2.75, 3.05) is 5.32 Å². The second-order valence-electron chi connectivity index (χ2n) is 4.19. The Morgan fingerprint density at radius 1 is 1.35 bits per heavy atom. The number of rotatable bonds is 3. The van der Waals surface area contributed by atoms with Gasteiger partial charge < -0.3 is 10.4 Å². The van der Waals surface area contributed by atoms with Crippen LogP contribution >= 0.6 is 15.9 Å². The molecule has 2 N–H and O–H groups in total. The van der Waals surface area contributed by atoms with Gasteiger partial charge in [-0.05, 0) is 35.0 Å². The van der Waals surface area contributed by atoms with E-state index in [1.54, 1.807) is 30.8 Å². The smallest absolute Gasteiger partial charge is 0.337 e. The summed E-state index contributed by atoms with van der Waals surface area (Å²) < 4.78 is 2.08. The van der Waals surface area contributed by atoms with Gasteiger partial charge in [-0.15, -0.1) is 0 Å². The summed E-state index contributed by atoms with van der Waals surface area (Å²) in [5.74, 6) is -1.51. The number of para-hydroxylation sites is 1. The first-order valence-electron chi connectivity index (χ1n) is 5.73. The molecule has 1 aromatic carbocycles. The number of nitrogens with one attached hydrogen (secondary N) is 1. The molecule has 6 nitrogen and oxygen atoms in total. The highest BCUT2D eigenvalue weighted by Gasteiger charge is 2.18. The molecule has 1 aromatic heterocycles. The van der Waals surface area contributed by atoms with Crippen LogP contribution in [0.15, 0.2) is 28.9 Å². The maximum absolute atomic E-state index is 12.2. The fourth-order valence-electron chi connectivity index (χ4n) is 1.73. The Kier molecular flexibility index (Phi) is 3.89. The summed E-state index contributed by atoms with van der Waals surface area (Å²) in [5.41, 5.74) is 1.36. The van der Waals surface area contributed by atoms with Crippen LogP contribution < -0.4 is 5.32 Å². The maximum atomic E-state index is 12.2. The number of hydrogen-bond acceptors (Lipinski definition) is 3. The van der Waals surface area contributed by atoms with Gasteiger partial charge in [-0.1, -0.05) is 6.07 Å². The van der Waals surface area contributed by atoms with Gasteiger partial charge in [-0.25, -0.2) is 4.79 Å². The topological polar surface area (TPSA) is 84.2 Å². The minimum Gasteiger partial charge on any atom is -0.478 e. The summed E-state index contributed by atoms with van der Waals surface area (Å²) in [6.45, 7) is 1.76. The fourth-order valence-corrected chi connectivity index (χ4v) is 2.20. The number of carboxylic acids is 1. The molecule has 0 aliphatic heterocycles. The lowest BCUT2D eigenvalue weighted by molar-refractivity contribution is 0.0698. The number of amides is 1. The minimum absolute atomic E-state index is 0.0225. The fraction of sp³-hybridized carbons (Fsp3) is 0.154. The first kappa shape index (κ1) is 14.3. The minimum atomic E-state index is -1.11. The van der Waals surface area contributed by atoms with Crippen LogP contribution in [0.25, 0.3) is 0 Å². The van der Waals surface area contributed by atoms with Crippen molar-refractivity contribution in [1.29, 1.82) is 0 Å². The summed E-state index contributed by atoms with van der Waals surface area (Å²) >= 11 is 3.24. The second kappa shape index (κ2) is 5.46. The number of aromatic nitrogens is 2. The van der Waals surface area contributed by atoms with Gasteiger partial charge in [0.15, 0.2) is 0 Å². The summed E-state index contributed by atoms with van der Waals surface area (Å²) in [6.07, 6.45) is 1.45. The normalized spacial score (nSPS) is 10.3. The standard InChI is InChI=1S/C13H12BrN3O3/c1-7-9(6-15-17(7)2)12(18)16-11-8(13(19)20)4-3-5-10(11)14/h3-6H,1-2H3,(H,16,18)(H,19,20). The van der Waals surface area contributed by atoms with Crippen LogP contribution in [0, 0.1) is 6.92 Å². The molecule has 0 atom stereocenters. The molecule has 2 rings (SSSR count). The lowest BCUT2D eigenvalue weighted by Gasteiger charge is -2.10. The Morgan fingerprint density at radius 2 is 2.05 bits per heavy atom. The van der Waals surface area contributed by atoms with E-state index in [1.165, 1.54) is 12.3 Å². The van der Waals surface area contributed by atoms with Crippen molar-refractivity contribution in [3.05, 3.63) is 45.7 Å². The van der Waals surface area contributed by atoms with Gasteiger partial charge in [0.05, 0.1) is 23.0 Å². The van der Waals surface area contributed by atoms with Crippen LogP contribution in [0.2, 0.25) is 0 Å². The van der Waals surface area contributed by atoms with Crippen LogP contribution in [0.1, 0.15) is 26.4 Å². The van der Waals surface area contributed by atoms with Crippen molar-refractivity contribution in [3.8, 4) is 0 Å². The number of carbonyl (C=O) groups excluding carboxylic acids is 1. The number of aromatic carboxylic acids is 1. The first-order valence-corrected chi connectivity index (χ1v) is 6.53. The number of anilines is 1. The highest BCUT2D eigenvalue weighted by molar-refractivity contribution is 9.10. The van der Waals surface area contributed by atoms with Crippen molar-refractivity contribution in [2.45, 2.75) is 6.92 Å².